The molecule has 4 aromatic carbocycles. The predicted octanol–water partition coefficient (Wildman–Crippen LogP) is 11.1. The molecule has 0 saturated heterocycles. The van der Waals surface area contributed by atoms with Gasteiger partial charge in [-0.15, -0.1) is 0 Å². The zero-order chi connectivity index (χ0) is 35.3. The summed E-state index contributed by atoms with van der Waals surface area (Å²) in [6.07, 6.45) is 0.672. The molecule has 252 valence electrons. The number of phenolic OH excluding ortho intramolecular Hbond substituents is 4. The average Bonchev–Trinajstić information content (AvgIpc) is 2.93. The fourth-order valence-electron chi connectivity index (χ4n) is 6.65. The van der Waals surface area contributed by atoms with Crippen LogP contribution in [-0.2, 0) is 21.7 Å². The summed E-state index contributed by atoms with van der Waals surface area (Å²) in [6.45, 7) is 25.3. The van der Waals surface area contributed by atoms with Gasteiger partial charge in [-0.05, 0) is 96.9 Å². The first-order valence-electron chi connectivity index (χ1n) is 16.8. The van der Waals surface area contributed by atoms with Gasteiger partial charge in [0.25, 0.3) is 0 Å². The minimum Gasteiger partial charge on any atom is -0.508 e. The highest BCUT2D eigenvalue weighted by Gasteiger charge is 2.30. The van der Waals surface area contributed by atoms with Crippen LogP contribution in [0.1, 0.15) is 146 Å². The number of benzene rings is 4. The highest BCUT2D eigenvalue weighted by Crippen LogP contribution is 2.46. The average molecular weight is 637 g/mol. The van der Waals surface area contributed by atoms with Crippen LogP contribution in [0, 0.1) is 0 Å². The molecule has 0 unspecified atom stereocenters. The lowest BCUT2D eigenvalue weighted by Crippen LogP contribution is -2.17. The molecule has 4 rings (SSSR count). The molecule has 0 atom stereocenters. The highest BCUT2D eigenvalue weighted by molar-refractivity contribution is 5.51. The Morgan fingerprint density at radius 3 is 0.723 bits per heavy atom. The first kappa shape index (κ1) is 35.9. The Bertz CT molecular complexity index is 1480. The standard InChI is InChI=1S/C43H56O4/c1-40(2,3)32-21-26(13-17-36(32)44)30(27-14-18-37(45)33(22-27)41(4,5)6)25-31(28-15-19-38(46)34(23-28)42(7,8)9)29-16-20-39(47)35(24-29)43(10,11)12/h13-24,30-31,44-47H,25H2,1-12H3. The fourth-order valence-corrected chi connectivity index (χ4v) is 6.65. The van der Waals surface area contributed by atoms with Gasteiger partial charge in [-0.25, -0.2) is 0 Å². The molecule has 0 aromatic heterocycles. The van der Waals surface area contributed by atoms with E-state index in [0.717, 1.165) is 44.5 Å². The lowest BCUT2D eigenvalue weighted by atomic mass is 9.73. The molecule has 4 heteroatoms. The van der Waals surface area contributed by atoms with E-state index in [1.54, 1.807) is 24.3 Å². The van der Waals surface area contributed by atoms with Crippen LogP contribution in [0.2, 0.25) is 0 Å². The molecule has 0 aliphatic carbocycles. The second-order valence-electron chi connectivity index (χ2n) is 17.4. The number of rotatable bonds is 6. The summed E-state index contributed by atoms with van der Waals surface area (Å²) in [5.41, 5.74) is 6.74. The molecule has 0 aliphatic rings. The van der Waals surface area contributed by atoms with Crippen LogP contribution < -0.4 is 0 Å². The van der Waals surface area contributed by atoms with Crippen molar-refractivity contribution in [2.45, 2.75) is 123 Å². The third-order valence-corrected chi connectivity index (χ3v) is 9.40. The van der Waals surface area contributed by atoms with Crippen LogP contribution in [0.5, 0.6) is 23.0 Å². The first-order valence-corrected chi connectivity index (χ1v) is 16.8. The number of hydrogen-bond donors (Lipinski definition) is 4. The molecule has 0 heterocycles. The second-order valence-corrected chi connectivity index (χ2v) is 17.4. The topological polar surface area (TPSA) is 80.9 Å². The predicted molar refractivity (Wildman–Crippen MR) is 196 cm³/mol. The van der Waals surface area contributed by atoms with Gasteiger partial charge in [0.05, 0.1) is 0 Å². The fraction of sp³-hybridized carbons (Fsp3) is 0.442. The van der Waals surface area contributed by atoms with Crippen LogP contribution in [0.15, 0.2) is 72.8 Å². The summed E-state index contributed by atoms with van der Waals surface area (Å²) in [5, 5.41) is 43.7. The Balaban J connectivity index is 2.04. The summed E-state index contributed by atoms with van der Waals surface area (Å²) in [6, 6.07) is 23.8. The molecule has 0 radical (unpaired) electrons. The van der Waals surface area contributed by atoms with E-state index in [0.29, 0.717) is 6.42 Å². The van der Waals surface area contributed by atoms with E-state index in [1.165, 1.54) is 0 Å². The van der Waals surface area contributed by atoms with Gasteiger partial charge < -0.3 is 20.4 Å². The molecule has 47 heavy (non-hydrogen) atoms. The van der Waals surface area contributed by atoms with Gasteiger partial charge in [0.15, 0.2) is 0 Å². The highest BCUT2D eigenvalue weighted by atomic mass is 16.3. The molecule has 4 N–H and O–H groups in total. The van der Waals surface area contributed by atoms with E-state index in [-0.39, 0.29) is 56.5 Å². The molecular formula is C43H56O4. The Morgan fingerprint density at radius 1 is 0.362 bits per heavy atom. The molecular weight excluding hydrogens is 580 g/mol. The molecule has 0 saturated carbocycles. The van der Waals surface area contributed by atoms with Gasteiger partial charge in [0.2, 0.25) is 0 Å². The van der Waals surface area contributed by atoms with Gasteiger partial charge in [-0.1, -0.05) is 132 Å². The Hall–Kier alpha value is -3.92. The van der Waals surface area contributed by atoms with Crippen LogP contribution in [0.4, 0.5) is 0 Å². The number of phenols is 4. The lowest BCUT2D eigenvalue weighted by Gasteiger charge is -2.31. The van der Waals surface area contributed by atoms with Crippen molar-refractivity contribution in [2.75, 3.05) is 0 Å². The van der Waals surface area contributed by atoms with Crippen molar-refractivity contribution in [1.82, 2.24) is 0 Å². The van der Waals surface area contributed by atoms with E-state index in [2.05, 4.69) is 107 Å². The summed E-state index contributed by atoms with van der Waals surface area (Å²) in [5.74, 6) is 0.890. The maximum Gasteiger partial charge on any atom is 0.119 e. The van der Waals surface area contributed by atoms with Gasteiger partial charge in [-0.2, -0.15) is 0 Å². The Labute approximate surface area is 283 Å². The van der Waals surface area contributed by atoms with Crippen LogP contribution in [0.3, 0.4) is 0 Å². The van der Waals surface area contributed by atoms with Crippen molar-refractivity contribution in [3.8, 4) is 23.0 Å². The number of hydrogen-bond acceptors (Lipinski definition) is 4. The largest absolute Gasteiger partial charge is 0.508 e. The van der Waals surface area contributed by atoms with E-state index in [9.17, 15) is 20.4 Å². The third kappa shape index (κ3) is 7.97. The first-order chi connectivity index (χ1) is 21.5. The van der Waals surface area contributed by atoms with Gasteiger partial charge in [0.1, 0.15) is 23.0 Å². The summed E-state index contributed by atoms with van der Waals surface area (Å²) in [7, 11) is 0. The third-order valence-electron chi connectivity index (χ3n) is 9.40. The van der Waals surface area contributed by atoms with E-state index in [1.807, 2.05) is 24.3 Å². The van der Waals surface area contributed by atoms with Crippen molar-refractivity contribution >= 4 is 0 Å². The number of aromatic hydroxyl groups is 4. The maximum atomic E-state index is 10.9. The maximum absolute atomic E-state index is 10.9. The Kier molecular flexibility index (Phi) is 9.63. The van der Waals surface area contributed by atoms with E-state index in [4.69, 9.17) is 0 Å². The van der Waals surface area contributed by atoms with Gasteiger partial charge >= 0.3 is 0 Å². The minimum atomic E-state index is -0.271. The Morgan fingerprint density at radius 2 is 0.553 bits per heavy atom. The summed E-state index contributed by atoms with van der Waals surface area (Å²) in [4.78, 5) is 0. The molecule has 0 bridgehead atoms. The van der Waals surface area contributed by atoms with Crippen LogP contribution in [-0.4, -0.2) is 20.4 Å². The normalized spacial score (nSPS) is 13.1. The zero-order valence-corrected chi connectivity index (χ0v) is 30.6. The minimum absolute atomic E-state index is 0.109. The van der Waals surface area contributed by atoms with E-state index < -0.39 is 0 Å². The van der Waals surface area contributed by atoms with Crippen molar-refractivity contribution in [1.29, 1.82) is 0 Å². The molecule has 4 nitrogen and oxygen atoms in total. The SMILES string of the molecule is CC(C)(C)c1cc(C(CC(c2ccc(O)c(C(C)(C)C)c2)c2ccc(O)c(C(C)(C)C)c2)c2ccc(O)c(C(C)(C)C)c2)ccc1O. The van der Waals surface area contributed by atoms with Crippen molar-refractivity contribution < 1.29 is 20.4 Å². The van der Waals surface area contributed by atoms with Crippen LogP contribution in [0.25, 0.3) is 0 Å². The summed E-state index contributed by atoms with van der Waals surface area (Å²) < 4.78 is 0. The van der Waals surface area contributed by atoms with Crippen molar-refractivity contribution in [3.63, 3.8) is 0 Å². The monoisotopic (exact) mass is 636 g/mol. The van der Waals surface area contributed by atoms with Crippen molar-refractivity contribution in [3.05, 3.63) is 117 Å². The molecule has 0 fully saturated rings. The lowest BCUT2D eigenvalue weighted by molar-refractivity contribution is 0.445. The quantitative estimate of drug-likeness (QED) is 0.170. The van der Waals surface area contributed by atoms with Crippen molar-refractivity contribution in [2.24, 2.45) is 0 Å². The van der Waals surface area contributed by atoms with Crippen LogP contribution >= 0.6 is 0 Å². The molecule has 0 amide bonds. The van der Waals surface area contributed by atoms with E-state index >= 15 is 0 Å². The zero-order valence-electron chi connectivity index (χ0n) is 30.6. The summed E-state index contributed by atoms with van der Waals surface area (Å²) >= 11 is 0. The molecule has 0 spiro atoms. The molecule has 4 aromatic rings. The van der Waals surface area contributed by atoms with Gasteiger partial charge in [0, 0.05) is 11.8 Å². The molecule has 0 aliphatic heterocycles. The second kappa shape index (κ2) is 12.6. The van der Waals surface area contributed by atoms with Gasteiger partial charge in [-0.3, -0.25) is 0 Å². The smallest absolute Gasteiger partial charge is 0.119 e.